The van der Waals surface area contributed by atoms with Crippen molar-refractivity contribution < 1.29 is 4.79 Å². The molecule has 0 bridgehead atoms. The summed E-state index contributed by atoms with van der Waals surface area (Å²) in [7, 11) is 0. The molecule has 1 N–H and O–H groups in total. The first-order valence-corrected chi connectivity index (χ1v) is 10.1. The van der Waals surface area contributed by atoms with E-state index < -0.39 is 0 Å². The van der Waals surface area contributed by atoms with Gasteiger partial charge in [-0.15, -0.1) is 0 Å². The number of rotatable bonds is 4. The van der Waals surface area contributed by atoms with Crippen LogP contribution in [-0.4, -0.2) is 15.9 Å². The van der Waals surface area contributed by atoms with E-state index in [2.05, 4.69) is 5.32 Å². The Labute approximate surface area is 180 Å². The van der Waals surface area contributed by atoms with Gasteiger partial charge in [-0.1, -0.05) is 78.9 Å². The van der Waals surface area contributed by atoms with Gasteiger partial charge in [0.05, 0.1) is 22.4 Å². The van der Waals surface area contributed by atoms with Crippen LogP contribution in [0.15, 0.2) is 109 Å². The molecule has 5 aromatic rings. The monoisotopic (exact) mass is 401 g/mol. The number of carbonyl (C=O) groups excluding carboxylic acids is 1. The van der Waals surface area contributed by atoms with Gasteiger partial charge in [0.25, 0.3) is 5.91 Å². The molecule has 0 aliphatic carbocycles. The van der Waals surface area contributed by atoms with E-state index in [0.717, 1.165) is 33.7 Å². The lowest BCUT2D eigenvalue weighted by Crippen LogP contribution is -2.11. The Kier molecular flexibility index (Phi) is 4.95. The highest BCUT2D eigenvalue weighted by Crippen LogP contribution is 2.31. The molecule has 0 atom stereocenters. The van der Waals surface area contributed by atoms with Gasteiger partial charge >= 0.3 is 0 Å². The second kappa shape index (κ2) is 8.20. The Morgan fingerprint density at radius 2 is 1.10 bits per heavy atom. The van der Waals surface area contributed by atoms with Gasteiger partial charge in [0, 0.05) is 22.4 Å². The van der Waals surface area contributed by atoms with Gasteiger partial charge in [-0.25, -0.2) is 9.97 Å². The number of anilines is 1. The lowest BCUT2D eigenvalue weighted by molar-refractivity contribution is 0.102. The van der Waals surface area contributed by atoms with Crippen LogP contribution < -0.4 is 5.32 Å². The van der Waals surface area contributed by atoms with Crippen LogP contribution in [0, 0.1) is 0 Å². The number of benzene rings is 4. The summed E-state index contributed by atoms with van der Waals surface area (Å²) in [5, 5.41) is 2.92. The number of nitrogens with zero attached hydrogens (tertiary/aromatic N) is 2. The average molecular weight is 401 g/mol. The van der Waals surface area contributed by atoms with Crippen molar-refractivity contribution in [2.75, 3.05) is 5.32 Å². The SMILES string of the molecule is O=C(Nc1ccccc1)c1ccc2nc(-c3ccccc3)c(-c3ccccc3)nc2c1. The van der Waals surface area contributed by atoms with E-state index in [1.54, 1.807) is 12.1 Å². The van der Waals surface area contributed by atoms with E-state index in [1.807, 2.05) is 97.1 Å². The molecule has 148 valence electrons. The Morgan fingerprint density at radius 3 is 1.68 bits per heavy atom. The largest absolute Gasteiger partial charge is 0.322 e. The van der Waals surface area contributed by atoms with E-state index in [0.29, 0.717) is 11.1 Å². The number of amides is 1. The minimum Gasteiger partial charge on any atom is -0.322 e. The summed E-state index contributed by atoms with van der Waals surface area (Å²) >= 11 is 0. The molecule has 0 radical (unpaired) electrons. The molecule has 0 unspecified atom stereocenters. The molecular weight excluding hydrogens is 382 g/mol. The molecule has 4 heteroatoms. The lowest BCUT2D eigenvalue weighted by Gasteiger charge is -2.11. The highest BCUT2D eigenvalue weighted by atomic mass is 16.1. The number of carbonyl (C=O) groups is 1. The quantitative estimate of drug-likeness (QED) is 0.389. The van der Waals surface area contributed by atoms with Crippen LogP contribution in [0.1, 0.15) is 10.4 Å². The third kappa shape index (κ3) is 3.91. The van der Waals surface area contributed by atoms with Crippen LogP contribution in [-0.2, 0) is 0 Å². The minimum absolute atomic E-state index is 0.178. The molecule has 0 saturated carbocycles. The fourth-order valence-corrected chi connectivity index (χ4v) is 3.51. The van der Waals surface area contributed by atoms with Crippen molar-refractivity contribution in [3.05, 3.63) is 115 Å². The van der Waals surface area contributed by atoms with Crippen molar-refractivity contribution >= 4 is 22.6 Å². The maximum Gasteiger partial charge on any atom is 0.255 e. The van der Waals surface area contributed by atoms with Gasteiger partial charge in [-0.3, -0.25) is 4.79 Å². The number of fused-ring (bicyclic) bond motifs is 1. The van der Waals surface area contributed by atoms with Gasteiger partial charge in [-0.05, 0) is 30.3 Å². The third-order valence-electron chi connectivity index (χ3n) is 5.05. The molecule has 5 rings (SSSR count). The summed E-state index contributed by atoms with van der Waals surface area (Å²) < 4.78 is 0. The summed E-state index contributed by atoms with van der Waals surface area (Å²) in [5.41, 5.74) is 6.31. The van der Waals surface area contributed by atoms with Crippen LogP contribution in [0.3, 0.4) is 0 Å². The highest BCUT2D eigenvalue weighted by Gasteiger charge is 2.14. The summed E-state index contributed by atoms with van der Waals surface area (Å²) in [6, 6.07) is 34.9. The normalized spacial score (nSPS) is 10.7. The van der Waals surface area contributed by atoms with E-state index >= 15 is 0 Å². The zero-order valence-corrected chi connectivity index (χ0v) is 16.7. The number of hydrogen-bond acceptors (Lipinski definition) is 3. The predicted octanol–water partition coefficient (Wildman–Crippen LogP) is 6.22. The fraction of sp³-hybridized carbons (Fsp3) is 0. The predicted molar refractivity (Wildman–Crippen MR) is 125 cm³/mol. The van der Waals surface area contributed by atoms with Gasteiger partial charge in [0.15, 0.2) is 0 Å². The first-order chi connectivity index (χ1) is 15.3. The lowest BCUT2D eigenvalue weighted by atomic mass is 10.0. The molecule has 0 aliphatic heterocycles. The summed E-state index contributed by atoms with van der Waals surface area (Å²) in [4.78, 5) is 22.6. The number of para-hydroxylation sites is 1. The van der Waals surface area contributed by atoms with Crippen molar-refractivity contribution in [3.63, 3.8) is 0 Å². The Hall–Kier alpha value is -4.31. The van der Waals surface area contributed by atoms with Crippen LogP contribution in [0.5, 0.6) is 0 Å². The number of aromatic nitrogens is 2. The maximum atomic E-state index is 12.7. The number of nitrogens with one attached hydrogen (secondary N) is 1. The zero-order valence-electron chi connectivity index (χ0n) is 16.7. The van der Waals surface area contributed by atoms with Crippen LogP contribution in [0.2, 0.25) is 0 Å². The van der Waals surface area contributed by atoms with E-state index in [9.17, 15) is 4.79 Å². The highest BCUT2D eigenvalue weighted by molar-refractivity contribution is 6.06. The van der Waals surface area contributed by atoms with Gasteiger partial charge in [-0.2, -0.15) is 0 Å². The van der Waals surface area contributed by atoms with Crippen molar-refractivity contribution in [1.82, 2.24) is 9.97 Å². The third-order valence-corrected chi connectivity index (χ3v) is 5.05. The van der Waals surface area contributed by atoms with Crippen LogP contribution in [0.4, 0.5) is 5.69 Å². The summed E-state index contributed by atoms with van der Waals surface area (Å²) in [6.45, 7) is 0. The second-order valence-electron chi connectivity index (χ2n) is 7.18. The van der Waals surface area contributed by atoms with E-state index in [4.69, 9.17) is 9.97 Å². The molecule has 1 amide bonds. The molecule has 0 spiro atoms. The Morgan fingerprint density at radius 1 is 0.581 bits per heavy atom. The van der Waals surface area contributed by atoms with Gasteiger partial charge in [0.1, 0.15) is 0 Å². The van der Waals surface area contributed by atoms with Crippen molar-refractivity contribution in [3.8, 4) is 22.5 Å². The molecule has 0 fully saturated rings. The minimum atomic E-state index is -0.178. The topological polar surface area (TPSA) is 54.9 Å². The van der Waals surface area contributed by atoms with Crippen molar-refractivity contribution in [1.29, 1.82) is 0 Å². The second-order valence-corrected chi connectivity index (χ2v) is 7.18. The molecular formula is C27H19N3O. The van der Waals surface area contributed by atoms with Crippen LogP contribution in [0.25, 0.3) is 33.5 Å². The first kappa shape index (κ1) is 18.7. The Balaban J connectivity index is 1.61. The molecule has 1 aromatic heterocycles. The number of hydrogen-bond donors (Lipinski definition) is 1. The van der Waals surface area contributed by atoms with Crippen LogP contribution >= 0.6 is 0 Å². The summed E-state index contributed by atoms with van der Waals surface area (Å²) in [5.74, 6) is -0.178. The van der Waals surface area contributed by atoms with E-state index in [1.165, 1.54) is 0 Å². The first-order valence-electron chi connectivity index (χ1n) is 10.1. The maximum absolute atomic E-state index is 12.7. The van der Waals surface area contributed by atoms with Crippen molar-refractivity contribution in [2.24, 2.45) is 0 Å². The fourth-order valence-electron chi connectivity index (χ4n) is 3.51. The zero-order chi connectivity index (χ0) is 21.0. The smallest absolute Gasteiger partial charge is 0.255 e. The van der Waals surface area contributed by atoms with Gasteiger partial charge in [0.2, 0.25) is 0 Å². The average Bonchev–Trinajstić information content (AvgIpc) is 2.84. The molecule has 4 aromatic carbocycles. The van der Waals surface area contributed by atoms with E-state index in [-0.39, 0.29) is 5.91 Å². The summed E-state index contributed by atoms with van der Waals surface area (Å²) in [6.07, 6.45) is 0. The van der Waals surface area contributed by atoms with Gasteiger partial charge < -0.3 is 5.32 Å². The molecule has 31 heavy (non-hydrogen) atoms. The molecule has 1 heterocycles. The molecule has 0 aliphatic rings. The Bertz CT molecular complexity index is 1350. The van der Waals surface area contributed by atoms with Crippen molar-refractivity contribution in [2.45, 2.75) is 0 Å². The molecule has 4 nitrogen and oxygen atoms in total. The standard InChI is InChI=1S/C27H19N3O/c31-27(28-22-14-8-3-9-15-22)21-16-17-23-24(18-21)30-26(20-12-6-2-7-13-20)25(29-23)19-10-4-1-5-11-19/h1-18H,(H,28,31). The molecule has 0 saturated heterocycles.